The minimum atomic E-state index is -1.30. The van der Waals surface area contributed by atoms with Crippen LogP contribution in [0.15, 0.2) is 54.6 Å². The molecule has 2 aromatic carbocycles. The van der Waals surface area contributed by atoms with E-state index < -0.39 is 17.5 Å². The van der Waals surface area contributed by atoms with Crippen LogP contribution in [0.2, 0.25) is 5.02 Å². The standard InChI is InChI=1S/C21H22ClN3O3/c1-3-24(13-15-9-5-4-6-10-15)18(26)14-25-19(27)21(2,23-20(25)28)16-11-7-8-12-17(16)22/h4-12H,3,13-14H2,1-2H3,(H,23,28)/t21-/m1/s1. The van der Waals surface area contributed by atoms with Crippen molar-refractivity contribution in [1.29, 1.82) is 0 Å². The summed E-state index contributed by atoms with van der Waals surface area (Å²) in [5.41, 5.74) is 0.184. The van der Waals surface area contributed by atoms with Crippen LogP contribution in [0.5, 0.6) is 0 Å². The highest BCUT2D eigenvalue weighted by Gasteiger charge is 2.50. The van der Waals surface area contributed by atoms with Crippen LogP contribution >= 0.6 is 11.6 Å². The lowest BCUT2D eigenvalue weighted by molar-refractivity contribution is -0.139. The van der Waals surface area contributed by atoms with Gasteiger partial charge in [0, 0.05) is 23.7 Å². The zero-order chi connectivity index (χ0) is 20.3. The second-order valence-corrected chi connectivity index (χ2v) is 7.23. The summed E-state index contributed by atoms with van der Waals surface area (Å²) in [6, 6.07) is 15.8. The van der Waals surface area contributed by atoms with Crippen molar-refractivity contribution in [1.82, 2.24) is 15.1 Å². The van der Waals surface area contributed by atoms with Gasteiger partial charge < -0.3 is 10.2 Å². The molecular weight excluding hydrogens is 378 g/mol. The van der Waals surface area contributed by atoms with Gasteiger partial charge >= 0.3 is 6.03 Å². The first kappa shape index (κ1) is 19.9. The smallest absolute Gasteiger partial charge is 0.325 e. The van der Waals surface area contributed by atoms with Crippen LogP contribution < -0.4 is 5.32 Å². The second kappa shape index (κ2) is 8.02. The first-order valence-corrected chi connectivity index (χ1v) is 9.45. The zero-order valence-corrected chi connectivity index (χ0v) is 16.6. The number of carbonyl (C=O) groups excluding carboxylic acids is 3. The van der Waals surface area contributed by atoms with Gasteiger partial charge in [-0.2, -0.15) is 0 Å². The number of carbonyl (C=O) groups is 3. The van der Waals surface area contributed by atoms with E-state index in [1.54, 1.807) is 36.1 Å². The summed E-state index contributed by atoms with van der Waals surface area (Å²) in [4.78, 5) is 40.8. The molecule has 1 atom stereocenters. The average molecular weight is 400 g/mol. The molecule has 1 saturated heterocycles. The van der Waals surface area contributed by atoms with Gasteiger partial charge in [0.1, 0.15) is 12.1 Å². The fraction of sp³-hybridized carbons (Fsp3) is 0.286. The molecule has 4 amide bonds. The molecule has 0 aromatic heterocycles. The number of benzene rings is 2. The summed E-state index contributed by atoms with van der Waals surface area (Å²) in [5.74, 6) is -0.784. The number of likely N-dealkylation sites (N-methyl/N-ethyl adjacent to an activating group) is 1. The number of halogens is 1. The SMILES string of the molecule is CCN(Cc1ccccc1)C(=O)CN1C(=O)N[C@](C)(c2ccccc2Cl)C1=O. The number of nitrogens with zero attached hydrogens (tertiary/aromatic N) is 2. The van der Waals surface area contributed by atoms with Gasteiger partial charge in [0.2, 0.25) is 5.91 Å². The average Bonchev–Trinajstić information content (AvgIpc) is 2.91. The van der Waals surface area contributed by atoms with Crippen molar-refractivity contribution in [2.75, 3.05) is 13.1 Å². The number of imide groups is 1. The minimum Gasteiger partial charge on any atom is -0.337 e. The summed E-state index contributed by atoms with van der Waals surface area (Å²) >= 11 is 6.23. The van der Waals surface area contributed by atoms with Gasteiger partial charge in [-0.1, -0.05) is 60.1 Å². The number of nitrogens with one attached hydrogen (secondary N) is 1. The Hall–Kier alpha value is -2.86. The molecule has 0 unspecified atom stereocenters. The van der Waals surface area contributed by atoms with E-state index in [1.807, 2.05) is 37.3 Å². The van der Waals surface area contributed by atoms with Crippen molar-refractivity contribution in [3.05, 3.63) is 70.7 Å². The fourth-order valence-corrected chi connectivity index (χ4v) is 3.63. The lowest BCUT2D eigenvalue weighted by Crippen LogP contribution is -2.44. The van der Waals surface area contributed by atoms with Crippen LogP contribution in [0.25, 0.3) is 0 Å². The Morgan fingerprint density at radius 3 is 2.39 bits per heavy atom. The molecular formula is C21H22ClN3O3. The predicted octanol–water partition coefficient (Wildman–Crippen LogP) is 3.16. The second-order valence-electron chi connectivity index (χ2n) is 6.82. The highest BCUT2D eigenvalue weighted by molar-refractivity contribution is 6.32. The van der Waals surface area contributed by atoms with Gasteiger partial charge in [-0.05, 0) is 25.5 Å². The molecule has 0 aliphatic carbocycles. The highest BCUT2D eigenvalue weighted by Crippen LogP contribution is 2.33. The van der Waals surface area contributed by atoms with E-state index in [9.17, 15) is 14.4 Å². The topological polar surface area (TPSA) is 69.7 Å². The lowest BCUT2D eigenvalue weighted by atomic mass is 9.92. The van der Waals surface area contributed by atoms with E-state index in [1.165, 1.54) is 0 Å². The third-order valence-electron chi connectivity index (χ3n) is 4.93. The summed E-state index contributed by atoms with van der Waals surface area (Å²) in [5, 5.41) is 3.06. The maximum atomic E-state index is 13.0. The van der Waals surface area contributed by atoms with Gasteiger partial charge in [-0.25, -0.2) is 4.79 Å². The first-order valence-electron chi connectivity index (χ1n) is 9.07. The van der Waals surface area contributed by atoms with Gasteiger partial charge in [-0.3, -0.25) is 14.5 Å². The van der Waals surface area contributed by atoms with Crippen LogP contribution in [0.4, 0.5) is 4.79 Å². The largest absolute Gasteiger partial charge is 0.337 e. The van der Waals surface area contributed by atoms with Crippen LogP contribution in [0, 0.1) is 0 Å². The molecule has 146 valence electrons. The van der Waals surface area contributed by atoms with Crippen molar-refractivity contribution in [2.45, 2.75) is 25.9 Å². The van der Waals surface area contributed by atoms with E-state index >= 15 is 0 Å². The van der Waals surface area contributed by atoms with E-state index in [0.29, 0.717) is 23.7 Å². The minimum absolute atomic E-state index is 0.293. The molecule has 1 fully saturated rings. The number of amides is 4. The van der Waals surface area contributed by atoms with E-state index in [4.69, 9.17) is 11.6 Å². The predicted molar refractivity (Wildman–Crippen MR) is 107 cm³/mol. The summed E-state index contributed by atoms with van der Waals surface area (Å²) < 4.78 is 0. The molecule has 0 saturated carbocycles. The zero-order valence-electron chi connectivity index (χ0n) is 15.8. The van der Waals surface area contributed by atoms with Gasteiger partial charge in [0.15, 0.2) is 0 Å². The van der Waals surface area contributed by atoms with Crippen molar-refractivity contribution < 1.29 is 14.4 Å². The summed E-state index contributed by atoms with van der Waals surface area (Å²) in [6.45, 7) is 4.03. The Kier molecular flexibility index (Phi) is 5.70. The molecule has 6 nitrogen and oxygen atoms in total. The molecule has 0 radical (unpaired) electrons. The maximum Gasteiger partial charge on any atom is 0.325 e. The number of urea groups is 1. The molecule has 3 rings (SSSR count). The molecule has 1 heterocycles. The van der Waals surface area contributed by atoms with E-state index in [0.717, 1.165) is 10.5 Å². The van der Waals surface area contributed by atoms with Gasteiger partial charge in [-0.15, -0.1) is 0 Å². The highest BCUT2D eigenvalue weighted by atomic mass is 35.5. The van der Waals surface area contributed by atoms with E-state index in [2.05, 4.69) is 5.32 Å². The molecule has 1 N–H and O–H groups in total. The fourth-order valence-electron chi connectivity index (χ4n) is 3.31. The molecule has 7 heteroatoms. The maximum absolute atomic E-state index is 13.0. The normalized spacial score (nSPS) is 18.9. The van der Waals surface area contributed by atoms with Crippen LogP contribution in [-0.4, -0.2) is 40.7 Å². The Balaban J connectivity index is 1.76. The van der Waals surface area contributed by atoms with Crippen molar-refractivity contribution in [3.63, 3.8) is 0 Å². The van der Waals surface area contributed by atoms with Crippen LogP contribution in [0.1, 0.15) is 25.0 Å². The molecule has 0 spiro atoms. The monoisotopic (exact) mass is 399 g/mol. The summed E-state index contributed by atoms with van der Waals surface area (Å²) in [6.07, 6.45) is 0. The van der Waals surface area contributed by atoms with E-state index in [-0.39, 0.29) is 12.5 Å². The third-order valence-corrected chi connectivity index (χ3v) is 5.26. The number of hydrogen-bond acceptors (Lipinski definition) is 3. The number of hydrogen-bond donors (Lipinski definition) is 1. The molecule has 28 heavy (non-hydrogen) atoms. The molecule has 2 aromatic rings. The molecule has 1 aliphatic heterocycles. The lowest BCUT2D eigenvalue weighted by Gasteiger charge is -2.25. The van der Waals surface area contributed by atoms with Gasteiger partial charge in [0.25, 0.3) is 5.91 Å². The van der Waals surface area contributed by atoms with Crippen molar-refractivity contribution in [2.24, 2.45) is 0 Å². The Morgan fingerprint density at radius 1 is 1.11 bits per heavy atom. The molecule has 1 aliphatic rings. The first-order chi connectivity index (χ1) is 13.4. The molecule has 0 bridgehead atoms. The number of rotatable bonds is 6. The van der Waals surface area contributed by atoms with Crippen molar-refractivity contribution >= 4 is 29.4 Å². The summed E-state index contributed by atoms with van der Waals surface area (Å²) in [7, 11) is 0. The van der Waals surface area contributed by atoms with Crippen LogP contribution in [-0.2, 0) is 21.7 Å². The Bertz CT molecular complexity index is 903. The Morgan fingerprint density at radius 2 is 1.75 bits per heavy atom. The Labute approximate surface area is 169 Å². The quantitative estimate of drug-likeness (QED) is 0.758. The van der Waals surface area contributed by atoms with Gasteiger partial charge in [0.05, 0.1) is 0 Å². The van der Waals surface area contributed by atoms with Crippen molar-refractivity contribution in [3.8, 4) is 0 Å². The third kappa shape index (κ3) is 3.73. The van der Waals surface area contributed by atoms with Crippen LogP contribution in [0.3, 0.4) is 0 Å².